The third-order valence-electron chi connectivity index (χ3n) is 13.2. The SMILES string of the molecule is CC(C)(C)c1ccnc(-n2c3ccccc3c3ccc(Oc4cc(-n5[c-][n+](-c6cccc(C(C)(C)c7ccccc7)c6)cc5-c5ccccc5)cc(C(C)(C)c5ccccc5)c4)cc32)c1. The first-order valence-electron chi connectivity index (χ1n) is 22.5. The highest BCUT2D eigenvalue weighted by Gasteiger charge is 2.27. The van der Waals surface area contributed by atoms with Gasteiger partial charge in [0.2, 0.25) is 0 Å². The van der Waals surface area contributed by atoms with Crippen LogP contribution in [0.3, 0.4) is 0 Å². The van der Waals surface area contributed by atoms with Crippen molar-refractivity contribution >= 4 is 21.8 Å². The van der Waals surface area contributed by atoms with E-state index in [2.05, 4.69) is 263 Å². The molecule has 0 unspecified atom stereocenters. The molecule has 0 radical (unpaired) electrons. The Bertz CT molecular complexity index is 3320. The Morgan fingerprint density at radius 1 is 0.492 bits per heavy atom. The summed E-state index contributed by atoms with van der Waals surface area (Å²) in [5.41, 5.74) is 11.7. The number of para-hydroxylation sites is 1. The summed E-state index contributed by atoms with van der Waals surface area (Å²) in [7, 11) is 0. The minimum absolute atomic E-state index is 0.0267. The Morgan fingerprint density at radius 2 is 1.12 bits per heavy atom. The molecule has 0 aliphatic heterocycles. The van der Waals surface area contributed by atoms with Crippen molar-refractivity contribution in [3.8, 4) is 39.9 Å². The second kappa shape index (κ2) is 16.2. The third-order valence-corrected chi connectivity index (χ3v) is 13.2. The average molecular weight is 847 g/mol. The lowest BCUT2D eigenvalue weighted by Gasteiger charge is -2.27. The van der Waals surface area contributed by atoms with E-state index in [1.165, 1.54) is 27.6 Å². The Balaban J connectivity index is 1.13. The van der Waals surface area contributed by atoms with Crippen molar-refractivity contribution in [2.45, 2.75) is 64.7 Å². The normalized spacial score (nSPS) is 12.2. The van der Waals surface area contributed by atoms with Crippen LogP contribution in [0.2, 0.25) is 0 Å². The van der Waals surface area contributed by atoms with Gasteiger partial charge in [0, 0.05) is 40.1 Å². The highest BCUT2D eigenvalue weighted by Crippen LogP contribution is 2.40. The van der Waals surface area contributed by atoms with Gasteiger partial charge in [-0.25, -0.2) is 4.98 Å². The summed E-state index contributed by atoms with van der Waals surface area (Å²) in [5.74, 6) is 2.35. The number of hydrogen-bond acceptors (Lipinski definition) is 2. The molecule has 65 heavy (non-hydrogen) atoms. The molecule has 320 valence electrons. The molecule has 0 N–H and O–H groups in total. The van der Waals surface area contributed by atoms with Crippen molar-refractivity contribution in [3.63, 3.8) is 0 Å². The lowest BCUT2D eigenvalue weighted by Crippen LogP contribution is -2.29. The number of aromatic nitrogens is 4. The summed E-state index contributed by atoms with van der Waals surface area (Å²) in [6.07, 6.45) is 7.90. The number of pyridine rings is 1. The summed E-state index contributed by atoms with van der Waals surface area (Å²) < 4.78 is 13.6. The number of imidazole rings is 1. The predicted octanol–water partition coefficient (Wildman–Crippen LogP) is 14.5. The fraction of sp³-hybridized carbons (Fsp3) is 0.167. The summed E-state index contributed by atoms with van der Waals surface area (Å²) in [4.78, 5) is 4.92. The van der Waals surface area contributed by atoms with E-state index >= 15 is 0 Å². The van der Waals surface area contributed by atoms with Crippen LogP contribution in [0.15, 0.2) is 200 Å². The van der Waals surface area contributed by atoms with Crippen LogP contribution in [0.4, 0.5) is 0 Å². The standard InChI is InChI=1S/C60H54N4O/c1-58(2,3)45-32-33-61-57(37-45)64-54-29-18-17-28-52(54)53-31-30-50(39-55(53)64)65-51-36-47(60(6,7)44-24-15-10-16-25-44)35-49(38-51)63-41-62(40-56(63)42-20-11-8-12-21-42)48-27-19-26-46(34-48)59(4,5)43-22-13-9-14-23-43/h8-40H,1-7H3. The van der Waals surface area contributed by atoms with Gasteiger partial charge in [-0.2, -0.15) is 0 Å². The summed E-state index contributed by atoms with van der Waals surface area (Å²) in [6, 6.07) is 66.8. The maximum atomic E-state index is 7.05. The van der Waals surface area contributed by atoms with E-state index in [0.29, 0.717) is 0 Å². The molecule has 0 aliphatic carbocycles. The molecule has 0 spiro atoms. The molecule has 5 nitrogen and oxygen atoms in total. The van der Waals surface area contributed by atoms with Gasteiger partial charge in [-0.05, 0) is 99.5 Å². The van der Waals surface area contributed by atoms with E-state index < -0.39 is 0 Å². The van der Waals surface area contributed by atoms with Crippen LogP contribution >= 0.6 is 0 Å². The molecule has 0 aliphatic rings. The lowest BCUT2D eigenvalue weighted by molar-refractivity contribution is -0.599. The zero-order valence-electron chi connectivity index (χ0n) is 38.2. The van der Waals surface area contributed by atoms with Crippen molar-refractivity contribution < 1.29 is 9.30 Å². The van der Waals surface area contributed by atoms with Crippen molar-refractivity contribution in [3.05, 3.63) is 235 Å². The maximum absolute atomic E-state index is 7.05. The first kappa shape index (κ1) is 41.5. The van der Waals surface area contributed by atoms with Gasteiger partial charge in [-0.15, -0.1) is 0 Å². The summed E-state index contributed by atoms with van der Waals surface area (Å²) in [6.45, 7) is 15.9. The van der Waals surface area contributed by atoms with Gasteiger partial charge < -0.3 is 4.74 Å². The number of ether oxygens (including phenoxy) is 1. The van der Waals surface area contributed by atoms with E-state index in [0.717, 1.165) is 61.9 Å². The van der Waals surface area contributed by atoms with Gasteiger partial charge >= 0.3 is 0 Å². The quantitative estimate of drug-likeness (QED) is 0.102. The number of benzene rings is 7. The van der Waals surface area contributed by atoms with Gasteiger partial charge in [-0.3, -0.25) is 13.7 Å². The van der Waals surface area contributed by atoms with Crippen LogP contribution in [0.5, 0.6) is 11.5 Å². The van der Waals surface area contributed by atoms with Gasteiger partial charge in [0.25, 0.3) is 6.33 Å². The molecule has 5 heteroatoms. The van der Waals surface area contributed by atoms with Crippen LogP contribution < -0.4 is 9.30 Å². The topological polar surface area (TPSA) is 35.9 Å². The molecule has 10 aromatic rings. The monoisotopic (exact) mass is 846 g/mol. The molecule has 3 heterocycles. The highest BCUT2D eigenvalue weighted by atomic mass is 16.5. The molecule has 10 rings (SSSR count). The largest absolute Gasteiger partial charge is 0.458 e. The first-order valence-corrected chi connectivity index (χ1v) is 22.5. The van der Waals surface area contributed by atoms with Crippen LogP contribution in [-0.4, -0.2) is 14.1 Å². The smallest absolute Gasteiger partial charge is 0.269 e. The highest BCUT2D eigenvalue weighted by molar-refractivity contribution is 6.09. The molecule has 0 saturated carbocycles. The molecule has 0 amide bonds. The Morgan fingerprint density at radius 3 is 1.83 bits per heavy atom. The number of rotatable bonds is 10. The minimum Gasteiger partial charge on any atom is -0.458 e. The maximum Gasteiger partial charge on any atom is 0.269 e. The Hall–Kier alpha value is -7.50. The molecule has 0 atom stereocenters. The van der Waals surface area contributed by atoms with E-state index in [9.17, 15) is 0 Å². The van der Waals surface area contributed by atoms with E-state index in [1.54, 1.807) is 0 Å². The summed E-state index contributed by atoms with van der Waals surface area (Å²) >= 11 is 0. The van der Waals surface area contributed by atoms with Crippen LogP contribution in [0, 0.1) is 6.33 Å². The number of nitrogens with zero attached hydrogens (tertiary/aromatic N) is 4. The fourth-order valence-electron chi connectivity index (χ4n) is 9.14. The predicted molar refractivity (Wildman–Crippen MR) is 266 cm³/mol. The molecule has 3 aromatic heterocycles. The molecule has 0 saturated heterocycles. The average Bonchev–Trinajstić information content (AvgIpc) is 3.92. The van der Waals surface area contributed by atoms with Gasteiger partial charge in [0.1, 0.15) is 17.3 Å². The van der Waals surface area contributed by atoms with Crippen molar-refractivity contribution in [2.75, 3.05) is 0 Å². The van der Waals surface area contributed by atoms with Crippen molar-refractivity contribution in [1.29, 1.82) is 0 Å². The number of fused-ring (bicyclic) bond motifs is 3. The Kier molecular flexibility index (Phi) is 10.4. The molecule has 0 bridgehead atoms. The van der Waals surface area contributed by atoms with Gasteiger partial charge in [0.05, 0.1) is 28.1 Å². The molecule has 0 fully saturated rings. The molecular weight excluding hydrogens is 793 g/mol. The first-order chi connectivity index (χ1) is 31.3. The van der Waals surface area contributed by atoms with E-state index in [4.69, 9.17) is 9.72 Å². The van der Waals surface area contributed by atoms with Crippen molar-refractivity contribution in [1.82, 2.24) is 14.1 Å². The van der Waals surface area contributed by atoms with E-state index in [1.807, 2.05) is 6.20 Å². The lowest BCUT2D eigenvalue weighted by atomic mass is 9.78. The van der Waals surface area contributed by atoms with E-state index in [-0.39, 0.29) is 16.2 Å². The summed E-state index contributed by atoms with van der Waals surface area (Å²) in [5, 5.41) is 2.32. The van der Waals surface area contributed by atoms with Crippen LogP contribution in [0.25, 0.3) is 50.3 Å². The number of hydrogen-bond donors (Lipinski definition) is 0. The molecule has 7 aromatic carbocycles. The van der Waals surface area contributed by atoms with Gasteiger partial charge in [0.15, 0.2) is 0 Å². The van der Waals surface area contributed by atoms with Gasteiger partial charge in [-0.1, -0.05) is 170 Å². The fourth-order valence-corrected chi connectivity index (χ4v) is 9.14. The second-order valence-electron chi connectivity index (χ2n) is 19.2. The third kappa shape index (κ3) is 7.82. The molecular formula is C60H54N4O. The zero-order chi connectivity index (χ0) is 44.9. The minimum atomic E-state index is -0.358. The van der Waals surface area contributed by atoms with Crippen molar-refractivity contribution in [2.24, 2.45) is 0 Å². The second-order valence-corrected chi connectivity index (χ2v) is 19.2. The Labute approximate surface area is 382 Å². The van der Waals surface area contributed by atoms with Crippen LogP contribution in [0.1, 0.15) is 76.3 Å². The van der Waals surface area contributed by atoms with Crippen LogP contribution in [-0.2, 0) is 16.2 Å². The zero-order valence-corrected chi connectivity index (χ0v) is 38.2.